The number of hydrogen-bond donors (Lipinski definition) is 3. The Morgan fingerprint density at radius 3 is 1.14 bits per heavy atom. The topological polar surface area (TPSA) is 121 Å². The third-order valence-electron chi connectivity index (χ3n) is 11.5. The Labute approximate surface area is 436 Å². The monoisotopic (exact) mass is 1090 g/mol. The van der Waals surface area contributed by atoms with Gasteiger partial charge in [0.1, 0.15) is 28.3 Å². The number of ether oxygens (including phenoxy) is 1. The van der Waals surface area contributed by atoms with Crippen LogP contribution in [-0.2, 0) is 0 Å². The summed E-state index contributed by atoms with van der Waals surface area (Å²) in [6.45, 7) is 19.7. The molecule has 0 saturated heterocycles. The fourth-order valence-corrected chi connectivity index (χ4v) is 8.00. The third-order valence-corrected chi connectivity index (χ3v) is 11.5. The number of benzene rings is 7. The molecule has 7 aromatic rings. The molecular weight excluding hydrogens is 1040 g/mol. The molecule has 0 aromatic heterocycles. The minimum atomic E-state index is -2.11. The van der Waals surface area contributed by atoms with Gasteiger partial charge in [-0.3, -0.25) is 0 Å². The Hall–Kier alpha value is -7.57. The standard InChI is InChI=1S/C15H18O.C13H14.3C10H8F4O2/c1-4-16-14-10-9-12-7-5-6-8-13(12)15(14)11(2)3;1-10(2)12-9-5-7-11-6-3-4-8-13(11)12;1-3(2)4-6(11)8(13)5(10(15)16)9(14)7(4)12;1-3(2)4-6(11)5(10(15)16)8(13)9(14)7(4)12;1-3(2)4-5(10(15)16)7(12)9(14)8(13)6(4)11/h5-11H,4H2,1-3H3;3-10H,1-2H3;3*3H,1-2H3,(H,15,16). The number of halogens is 12. The lowest BCUT2D eigenvalue weighted by Crippen LogP contribution is -2.14. The van der Waals surface area contributed by atoms with Gasteiger partial charge in [-0.1, -0.05) is 142 Å². The molecule has 77 heavy (non-hydrogen) atoms. The van der Waals surface area contributed by atoms with E-state index in [1.54, 1.807) is 0 Å². The number of fused-ring (bicyclic) bond motifs is 2. The predicted molar refractivity (Wildman–Crippen MR) is 269 cm³/mol. The van der Waals surface area contributed by atoms with Crippen LogP contribution in [-0.4, -0.2) is 39.8 Å². The lowest BCUT2D eigenvalue weighted by molar-refractivity contribution is 0.0672. The molecule has 0 aliphatic rings. The largest absolute Gasteiger partial charge is 0.494 e. The second kappa shape index (κ2) is 27.5. The highest BCUT2D eigenvalue weighted by Crippen LogP contribution is 2.35. The van der Waals surface area contributed by atoms with Crippen molar-refractivity contribution < 1.29 is 87.1 Å². The van der Waals surface area contributed by atoms with Crippen LogP contribution < -0.4 is 4.74 Å². The van der Waals surface area contributed by atoms with E-state index in [4.69, 9.17) is 20.1 Å². The Balaban J connectivity index is 0.000000254. The van der Waals surface area contributed by atoms with Crippen molar-refractivity contribution in [1.29, 1.82) is 0 Å². The summed E-state index contributed by atoms with van der Waals surface area (Å²) in [5.74, 6) is -28.1. The first-order valence-electron chi connectivity index (χ1n) is 23.8. The molecule has 414 valence electrons. The van der Waals surface area contributed by atoms with Crippen molar-refractivity contribution in [2.24, 2.45) is 0 Å². The zero-order chi connectivity index (χ0) is 58.7. The van der Waals surface area contributed by atoms with Gasteiger partial charge in [-0.05, 0) is 69.7 Å². The Morgan fingerprint density at radius 1 is 0.364 bits per heavy atom. The van der Waals surface area contributed by atoms with Gasteiger partial charge in [0.25, 0.3) is 0 Å². The Bertz CT molecular complexity index is 3250. The van der Waals surface area contributed by atoms with Crippen LogP contribution in [0.1, 0.15) is 165 Å². The van der Waals surface area contributed by atoms with E-state index in [-0.39, 0.29) is 0 Å². The van der Waals surface area contributed by atoms with Gasteiger partial charge in [0.2, 0.25) is 0 Å². The van der Waals surface area contributed by atoms with E-state index in [1.807, 2.05) is 6.92 Å². The second-order valence-electron chi connectivity index (χ2n) is 18.5. The molecule has 7 nitrogen and oxygen atoms in total. The van der Waals surface area contributed by atoms with Gasteiger partial charge in [0.15, 0.2) is 64.0 Å². The van der Waals surface area contributed by atoms with E-state index >= 15 is 0 Å². The molecule has 7 rings (SSSR count). The van der Waals surface area contributed by atoms with E-state index in [2.05, 4.69) is 107 Å². The van der Waals surface area contributed by atoms with Crippen molar-refractivity contribution in [3.63, 3.8) is 0 Å². The molecule has 7 aromatic carbocycles. The van der Waals surface area contributed by atoms with Crippen LogP contribution >= 0.6 is 0 Å². The van der Waals surface area contributed by atoms with Gasteiger partial charge in [-0.25, -0.2) is 67.1 Å². The maximum atomic E-state index is 13.4. The normalized spacial score (nSPS) is 11.0. The summed E-state index contributed by atoms with van der Waals surface area (Å²) in [6, 6.07) is 27.8. The van der Waals surface area contributed by atoms with E-state index in [0.717, 1.165) is 12.4 Å². The first-order valence-corrected chi connectivity index (χ1v) is 23.8. The molecule has 0 aliphatic heterocycles. The summed E-state index contributed by atoms with van der Waals surface area (Å²) in [7, 11) is 0. The zero-order valence-corrected chi connectivity index (χ0v) is 43.6. The van der Waals surface area contributed by atoms with Crippen molar-refractivity contribution in [3.8, 4) is 5.75 Å². The maximum absolute atomic E-state index is 13.4. The number of aromatic carboxylic acids is 3. The van der Waals surface area contributed by atoms with Gasteiger partial charge in [0, 0.05) is 22.3 Å². The Morgan fingerprint density at radius 2 is 0.701 bits per heavy atom. The van der Waals surface area contributed by atoms with Gasteiger partial charge >= 0.3 is 17.9 Å². The third kappa shape index (κ3) is 14.5. The van der Waals surface area contributed by atoms with Crippen LogP contribution in [0.3, 0.4) is 0 Å². The van der Waals surface area contributed by atoms with Gasteiger partial charge in [-0.15, -0.1) is 0 Å². The molecule has 0 saturated carbocycles. The predicted octanol–water partition coefficient (Wildman–Crippen LogP) is 17.5. The van der Waals surface area contributed by atoms with Crippen molar-refractivity contribution in [2.75, 3.05) is 6.61 Å². The van der Waals surface area contributed by atoms with E-state index in [0.29, 0.717) is 11.8 Å². The van der Waals surface area contributed by atoms with Crippen LogP contribution in [0.5, 0.6) is 5.75 Å². The maximum Gasteiger partial charge on any atom is 0.341 e. The lowest BCUT2D eigenvalue weighted by atomic mass is 9.95. The quantitative estimate of drug-likeness (QED) is 0.0709. The Kier molecular flexibility index (Phi) is 22.7. The van der Waals surface area contributed by atoms with E-state index in [1.165, 1.54) is 74.2 Å². The van der Waals surface area contributed by atoms with Crippen molar-refractivity contribution in [2.45, 2.75) is 106 Å². The molecule has 19 heteroatoms. The lowest BCUT2D eigenvalue weighted by Gasteiger charge is -2.16. The molecule has 0 unspecified atom stereocenters. The highest BCUT2D eigenvalue weighted by molar-refractivity contribution is 5.91. The SMILES string of the molecule is CC(C)c1c(F)c(F)c(C(=O)O)c(F)c1F.CC(C)c1c(F)c(F)c(F)c(C(=O)O)c1F.CC(C)c1c(F)c(F)c(F)c(F)c1C(=O)O.CC(C)c1cccc2ccccc12.CCOc1ccc2ccccc2c1C(C)C. The molecule has 0 heterocycles. The van der Waals surface area contributed by atoms with Crippen molar-refractivity contribution >= 4 is 39.5 Å². The number of carboxylic acids is 3. The molecule has 0 radical (unpaired) electrons. The first-order chi connectivity index (χ1) is 35.9. The highest BCUT2D eigenvalue weighted by Gasteiger charge is 2.32. The summed E-state index contributed by atoms with van der Waals surface area (Å²) in [5, 5.41) is 30.9. The molecule has 3 N–H and O–H groups in total. The van der Waals surface area contributed by atoms with E-state index in [9.17, 15) is 67.1 Å². The van der Waals surface area contributed by atoms with Gasteiger partial charge in [0.05, 0.1) is 6.61 Å². The average molecular weight is 1090 g/mol. The zero-order valence-electron chi connectivity index (χ0n) is 43.6. The molecule has 0 atom stereocenters. The van der Waals surface area contributed by atoms with Crippen LogP contribution in [0.15, 0.2) is 78.9 Å². The summed E-state index contributed by atoms with van der Waals surface area (Å²) in [5.41, 5.74) is -3.72. The smallest absolute Gasteiger partial charge is 0.341 e. The van der Waals surface area contributed by atoms with Crippen LogP contribution in [0.4, 0.5) is 52.7 Å². The second-order valence-corrected chi connectivity index (χ2v) is 18.5. The summed E-state index contributed by atoms with van der Waals surface area (Å²) in [6.07, 6.45) is 0. The number of rotatable bonds is 10. The van der Waals surface area contributed by atoms with Crippen LogP contribution in [0, 0.1) is 69.8 Å². The minimum absolute atomic E-state index is 0.479. The number of carboxylic acid groups (broad SMARTS) is 3. The van der Waals surface area contributed by atoms with E-state index < -0.39 is 139 Å². The molecule has 0 amide bonds. The molecule has 0 aliphatic carbocycles. The summed E-state index contributed by atoms with van der Waals surface area (Å²) >= 11 is 0. The van der Waals surface area contributed by atoms with Crippen molar-refractivity contribution in [3.05, 3.63) is 193 Å². The minimum Gasteiger partial charge on any atom is -0.494 e. The molecule has 0 spiro atoms. The summed E-state index contributed by atoms with van der Waals surface area (Å²) < 4.78 is 163. The van der Waals surface area contributed by atoms with Gasteiger partial charge < -0.3 is 20.1 Å². The fraction of sp³-hybridized carbons (Fsp3) is 0.293. The highest BCUT2D eigenvalue weighted by atomic mass is 19.2. The molecule has 0 bridgehead atoms. The first kappa shape index (κ1) is 63.7. The van der Waals surface area contributed by atoms with Crippen LogP contribution in [0.25, 0.3) is 21.5 Å². The molecule has 0 fully saturated rings. The number of hydrogen-bond acceptors (Lipinski definition) is 4. The fourth-order valence-electron chi connectivity index (χ4n) is 8.00. The number of carbonyl (C=O) groups is 3. The van der Waals surface area contributed by atoms with Gasteiger partial charge in [-0.2, -0.15) is 0 Å². The van der Waals surface area contributed by atoms with Crippen LogP contribution in [0.2, 0.25) is 0 Å². The molecular formula is C58H56F12O7. The van der Waals surface area contributed by atoms with Crippen molar-refractivity contribution in [1.82, 2.24) is 0 Å². The average Bonchev–Trinajstić information content (AvgIpc) is 3.35. The summed E-state index contributed by atoms with van der Waals surface area (Å²) in [4.78, 5) is 31.6.